The summed E-state index contributed by atoms with van der Waals surface area (Å²) < 4.78 is 9.96. The lowest BCUT2D eigenvalue weighted by molar-refractivity contribution is -0.165. The van der Waals surface area contributed by atoms with Crippen LogP contribution in [0.4, 0.5) is 0 Å². The van der Waals surface area contributed by atoms with Crippen molar-refractivity contribution in [3.8, 4) is 0 Å². The molecule has 2 atom stereocenters. The number of esters is 2. The lowest BCUT2D eigenvalue weighted by atomic mass is 9.98. The van der Waals surface area contributed by atoms with Gasteiger partial charge in [0.25, 0.3) is 0 Å². The minimum absolute atomic E-state index is 0.0443. The summed E-state index contributed by atoms with van der Waals surface area (Å²) in [6.07, 6.45) is 5.44. The fraction of sp³-hybridized carbons (Fsp3) is 0.846. The molecule has 0 aliphatic heterocycles. The van der Waals surface area contributed by atoms with E-state index in [1.807, 2.05) is 6.92 Å². The monoisotopic (exact) mass is 242 g/mol. The summed E-state index contributed by atoms with van der Waals surface area (Å²) in [6, 6.07) is 0. The van der Waals surface area contributed by atoms with E-state index in [1.54, 1.807) is 0 Å². The fourth-order valence-electron chi connectivity index (χ4n) is 2.37. The Morgan fingerprint density at radius 3 is 2.29 bits per heavy atom. The Labute approximate surface area is 103 Å². The minimum Gasteiger partial charge on any atom is -0.468 e. The van der Waals surface area contributed by atoms with Crippen molar-refractivity contribution in [1.82, 2.24) is 0 Å². The number of carbonyl (C=O) groups is 2. The second-order valence-electron chi connectivity index (χ2n) is 4.67. The van der Waals surface area contributed by atoms with Gasteiger partial charge < -0.3 is 9.47 Å². The summed E-state index contributed by atoms with van der Waals surface area (Å²) in [5.74, 6) is -1.35. The van der Waals surface area contributed by atoms with Crippen LogP contribution in [0.15, 0.2) is 0 Å². The van der Waals surface area contributed by atoms with E-state index >= 15 is 0 Å². The molecule has 0 bridgehead atoms. The van der Waals surface area contributed by atoms with Crippen molar-refractivity contribution in [3.63, 3.8) is 0 Å². The Balaban J connectivity index is 2.49. The van der Waals surface area contributed by atoms with Crippen molar-refractivity contribution in [3.05, 3.63) is 0 Å². The lowest BCUT2D eigenvalue weighted by Gasteiger charge is -2.23. The van der Waals surface area contributed by atoms with Gasteiger partial charge in [-0.05, 0) is 32.1 Å². The summed E-state index contributed by atoms with van der Waals surface area (Å²) in [7, 11) is 1.28. The molecule has 2 unspecified atom stereocenters. The van der Waals surface area contributed by atoms with Gasteiger partial charge >= 0.3 is 11.9 Å². The van der Waals surface area contributed by atoms with Crippen molar-refractivity contribution in [1.29, 1.82) is 0 Å². The molecule has 1 aliphatic rings. The first kappa shape index (κ1) is 14.0. The third-order valence-corrected chi connectivity index (χ3v) is 3.50. The van der Waals surface area contributed by atoms with Gasteiger partial charge in [-0.3, -0.25) is 9.59 Å². The van der Waals surface area contributed by atoms with Crippen molar-refractivity contribution in [2.75, 3.05) is 7.11 Å². The number of hydrogen-bond acceptors (Lipinski definition) is 4. The summed E-state index contributed by atoms with van der Waals surface area (Å²) in [4.78, 5) is 23.0. The highest BCUT2D eigenvalue weighted by atomic mass is 16.6. The van der Waals surface area contributed by atoms with Gasteiger partial charge in [-0.1, -0.05) is 19.8 Å². The maximum Gasteiger partial charge on any atom is 0.320 e. The zero-order valence-corrected chi connectivity index (χ0v) is 10.9. The molecule has 1 saturated carbocycles. The highest BCUT2D eigenvalue weighted by Gasteiger charge is 2.30. The molecular weight excluding hydrogens is 220 g/mol. The molecule has 0 radical (unpaired) electrons. The maximum atomic E-state index is 11.7. The van der Waals surface area contributed by atoms with E-state index in [2.05, 4.69) is 4.74 Å². The van der Waals surface area contributed by atoms with Crippen LogP contribution in [-0.4, -0.2) is 25.2 Å². The molecule has 1 rings (SSSR count). The summed E-state index contributed by atoms with van der Waals surface area (Å²) in [6.45, 7) is 3.54. The average Bonchev–Trinajstić information content (AvgIpc) is 2.87. The van der Waals surface area contributed by atoms with Gasteiger partial charge in [0.2, 0.25) is 0 Å². The predicted octanol–water partition coefficient (Wildman–Crippen LogP) is 2.31. The molecule has 0 N–H and O–H groups in total. The average molecular weight is 242 g/mol. The van der Waals surface area contributed by atoms with E-state index in [-0.39, 0.29) is 6.10 Å². The zero-order valence-electron chi connectivity index (χ0n) is 10.9. The molecule has 0 aromatic heterocycles. The number of carbonyl (C=O) groups excluding carboxylic acids is 2. The molecule has 4 heteroatoms. The molecule has 98 valence electrons. The number of rotatable bonds is 5. The molecule has 0 spiro atoms. The van der Waals surface area contributed by atoms with Crippen LogP contribution < -0.4 is 0 Å². The van der Waals surface area contributed by atoms with Crippen LogP contribution in [0.1, 0.15) is 46.0 Å². The molecule has 0 aromatic rings. The number of hydrogen-bond donors (Lipinski definition) is 0. The Morgan fingerprint density at radius 1 is 1.24 bits per heavy atom. The van der Waals surface area contributed by atoms with Gasteiger partial charge in [0.15, 0.2) is 5.92 Å². The minimum atomic E-state index is -0.824. The quantitative estimate of drug-likeness (QED) is 0.548. The second kappa shape index (κ2) is 6.62. The van der Waals surface area contributed by atoms with E-state index in [9.17, 15) is 9.59 Å². The van der Waals surface area contributed by atoms with Crippen LogP contribution in [0.3, 0.4) is 0 Å². The molecule has 0 aromatic carbocycles. The fourth-order valence-corrected chi connectivity index (χ4v) is 2.37. The standard InChI is InChI=1S/C13H22O4/c1-4-11(10-7-5-6-8-10)17-13(15)9(2)12(14)16-3/h9-11H,4-8H2,1-3H3. The first-order valence-electron chi connectivity index (χ1n) is 6.38. The smallest absolute Gasteiger partial charge is 0.320 e. The highest BCUT2D eigenvalue weighted by Crippen LogP contribution is 2.31. The first-order valence-corrected chi connectivity index (χ1v) is 6.38. The second-order valence-corrected chi connectivity index (χ2v) is 4.67. The number of ether oxygens (including phenoxy) is 2. The van der Waals surface area contributed by atoms with Gasteiger partial charge in [0.1, 0.15) is 6.10 Å². The molecule has 17 heavy (non-hydrogen) atoms. The maximum absolute atomic E-state index is 11.7. The van der Waals surface area contributed by atoms with Crippen LogP contribution in [0.5, 0.6) is 0 Å². The molecule has 0 amide bonds. The molecule has 4 nitrogen and oxygen atoms in total. The van der Waals surface area contributed by atoms with Crippen molar-refractivity contribution in [2.24, 2.45) is 11.8 Å². The third kappa shape index (κ3) is 3.72. The van der Waals surface area contributed by atoms with Gasteiger partial charge in [-0.2, -0.15) is 0 Å². The summed E-state index contributed by atoms with van der Waals surface area (Å²) >= 11 is 0. The SMILES string of the molecule is CCC(OC(=O)C(C)C(=O)OC)C1CCCC1. The topological polar surface area (TPSA) is 52.6 Å². The van der Waals surface area contributed by atoms with E-state index in [4.69, 9.17) is 4.74 Å². The van der Waals surface area contributed by atoms with Gasteiger partial charge in [0.05, 0.1) is 7.11 Å². The number of methoxy groups -OCH3 is 1. The molecule has 0 saturated heterocycles. The Bertz CT molecular complexity index is 269. The molecule has 0 heterocycles. The first-order chi connectivity index (χ1) is 8.10. The molecule has 1 fully saturated rings. The van der Waals surface area contributed by atoms with E-state index in [0.29, 0.717) is 5.92 Å². The van der Waals surface area contributed by atoms with Crippen molar-refractivity contribution < 1.29 is 19.1 Å². The van der Waals surface area contributed by atoms with Crippen molar-refractivity contribution in [2.45, 2.75) is 52.1 Å². The normalized spacial score (nSPS) is 19.7. The highest BCUT2D eigenvalue weighted by molar-refractivity contribution is 5.94. The zero-order chi connectivity index (χ0) is 12.8. The van der Waals surface area contributed by atoms with Crippen LogP contribution >= 0.6 is 0 Å². The Hall–Kier alpha value is -1.06. The predicted molar refractivity (Wildman–Crippen MR) is 63.3 cm³/mol. The van der Waals surface area contributed by atoms with E-state index < -0.39 is 17.9 Å². The van der Waals surface area contributed by atoms with Gasteiger partial charge in [-0.25, -0.2) is 0 Å². The van der Waals surface area contributed by atoms with Crippen LogP contribution in [0.25, 0.3) is 0 Å². The summed E-state index contributed by atoms with van der Waals surface area (Å²) in [5.41, 5.74) is 0. The van der Waals surface area contributed by atoms with Gasteiger partial charge in [-0.15, -0.1) is 0 Å². The van der Waals surface area contributed by atoms with Crippen molar-refractivity contribution >= 4 is 11.9 Å². The third-order valence-electron chi connectivity index (χ3n) is 3.50. The molecule has 1 aliphatic carbocycles. The lowest BCUT2D eigenvalue weighted by Crippen LogP contribution is -2.31. The van der Waals surface area contributed by atoms with Crippen LogP contribution in [-0.2, 0) is 19.1 Å². The largest absolute Gasteiger partial charge is 0.468 e. The summed E-state index contributed by atoms with van der Waals surface area (Å²) in [5, 5.41) is 0. The van der Waals surface area contributed by atoms with Crippen LogP contribution in [0.2, 0.25) is 0 Å². The molecular formula is C13H22O4. The Morgan fingerprint density at radius 2 is 1.82 bits per heavy atom. The van der Waals surface area contributed by atoms with Gasteiger partial charge in [0, 0.05) is 0 Å². The Kier molecular flexibility index (Phi) is 5.45. The van der Waals surface area contributed by atoms with E-state index in [0.717, 1.165) is 19.3 Å². The van der Waals surface area contributed by atoms with Crippen LogP contribution in [0, 0.1) is 11.8 Å². The van der Waals surface area contributed by atoms with E-state index in [1.165, 1.54) is 26.9 Å².